The van der Waals surface area contributed by atoms with Crippen LogP contribution >= 0.6 is 0 Å². The molecule has 0 aliphatic rings. The molecule has 0 aliphatic heterocycles. The lowest BCUT2D eigenvalue weighted by atomic mass is 10.1. The molecule has 2 heterocycles. The zero-order valence-electron chi connectivity index (χ0n) is 10.1. The van der Waals surface area contributed by atoms with Crippen molar-refractivity contribution in [3.8, 4) is 17.0 Å². The molecule has 0 saturated carbocycles. The first kappa shape index (κ1) is 11.3. The van der Waals surface area contributed by atoms with Gasteiger partial charge in [0.05, 0.1) is 19.0 Å². The normalized spacial score (nSPS) is 10.8. The summed E-state index contributed by atoms with van der Waals surface area (Å²) >= 11 is 0. The van der Waals surface area contributed by atoms with Crippen molar-refractivity contribution in [2.24, 2.45) is 0 Å². The molecule has 6 nitrogen and oxygen atoms in total. The molecule has 19 heavy (non-hydrogen) atoms. The van der Waals surface area contributed by atoms with E-state index < -0.39 is 5.97 Å². The number of ether oxygens (including phenoxy) is 1. The molecule has 6 heteroatoms. The van der Waals surface area contributed by atoms with Crippen LogP contribution in [0.4, 0.5) is 0 Å². The van der Waals surface area contributed by atoms with Crippen LogP contribution in [0.15, 0.2) is 30.6 Å². The number of aromatic carboxylic acids is 1. The highest BCUT2D eigenvalue weighted by atomic mass is 16.5. The number of H-pyrrole nitrogens is 2. The first-order valence-electron chi connectivity index (χ1n) is 5.63. The Balaban J connectivity index is 2.20. The van der Waals surface area contributed by atoms with Crippen LogP contribution in [-0.4, -0.2) is 33.4 Å². The third-order valence-corrected chi connectivity index (χ3v) is 3.03. The maximum Gasteiger partial charge on any atom is 0.339 e. The van der Waals surface area contributed by atoms with Gasteiger partial charge in [0.15, 0.2) is 0 Å². The van der Waals surface area contributed by atoms with Gasteiger partial charge in [-0.15, -0.1) is 0 Å². The van der Waals surface area contributed by atoms with Gasteiger partial charge in [0.1, 0.15) is 11.3 Å². The highest BCUT2D eigenvalue weighted by Gasteiger charge is 2.17. The lowest BCUT2D eigenvalue weighted by molar-refractivity contribution is 0.0698. The van der Waals surface area contributed by atoms with Crippen LogP contribution in [0.1, 0.15) is 10.4 Å². The lowest BCUT2D eigenvalue weighted by Gasteiger charge is -2.00. The van der Waals surface area contributed by atoms with Crippen molar-refractivity contribution in [1.82, 2.24) is 15.2 Å². The van der Waals surface area contributed by atoms with Crippen LogP contribution in [0.2, 0.25) is 0 Å². The Labute approximate surface area is 108 Å². The highest BCUT2D eigenvalue weighted by Crippen LogP contribution is 2.31. The number of aromatic amines is 2. The Kier molecular flexibility index (Phi) is 2.49. The second-order valence-electron chi connectivity index (χ2n) is 4.08. The number of aromatic nitrogens is 3. The van der Waals surface area contributed by atoms with Crippen molar-refractivity contribution in [2.75, 3.05) is 7.11 Å². The van der Waals surface area contributed by atoms with Gasteiger partial charge in [0.2, 0.25) is 0 Å². The minimum Gasteiger partial charge on any atom is -0.497 e. The summed E-state index contributed by atoms with van der Waals surface area (Å²) in [6, 6.07) is 5.57. The number of fused-ring (bicyclic) bond motifs is 1. The van der Waals surface area contributed by atoms with E-state index in [2.05, 4.69) is 15.2 Å². The van der Waals surface area contributed by atoms with Crippen LogP contribution in [0.3, 0.4) is 0 Å². The summed E-state index contributed by atoms with van der Waals surface area (Å²) in [5.74, 6) is -0.268. The van der Waals surface area contributed by atoms with E-state index in [4.69, 9.17) is 9.84 Å². The number of hydrogen-bond acceptors (Lipinski definition) is 3. The molecule has 96 valence electrons. The fraction of sp³-hybridized carbons (Fsp3) is 0.0769. The summed E-state index contributed by atoms with van der Waals surface area (Å²) in [7, 11) is 1.60. The largest absolute Gasteiger partial charge is 0.497 e. The Morgan fingerprint density at radius 2 is 2.26 bits per heavy atom. The van der Waals surface area contributed by atoms with Gasteiger partial charge in [-0.3, -0.25) is 5.10 Å². The van der Waals surface area contributed by atoms with E-state index >= 15 is 0 Å². The van der Waals surface area contributed by atoms with Gasteiger partial charge in [-0.1, -0.05) is 0 Å². The quantitative estimate of drug-likeness (QED) is 0.671. The Hall–Kier alpha value is -2.76. The molecule has 0 unspecified atom stereocenters. The molecule has 0 saturated heterocycles. The second-order valence-corrected chi connectivity index (χ2v) is 4.08. The molecule has 0 bridgehead atoms. The van der Waals surface area contributed by atoms with Gasteiger partial charge in [0, 0.05) is 28.7 Å². The van der Waals surface area contributed by atoms with Crippen LogP contribution in [-0.2, 0) is 0 Å². The number of nitrogens with zero attached hydrogens (tertiary/aromatic N) is 1. The third kappa shape index (κ3) is 1.74. The maximum atomic E-state index is 11.1. The maximum absolute atomic E-state index is 11.1. The summed E-state index contributed by atoms with van der Waals surface area (Å²) in [6.07, 6.45) is 3.06. The number of rotatable bonds is 3. The van der Waals surface area contributed by atoms with Gasteiger partial charge in [-0.05, 0) is 12.1 Å². The zero-order valence-corrected chi connectivity index (χ0v) is 10.1. The fourth-order valence-corrected chi connectivity index (χ4v) is 2.09. The Morgan fingerprint density at radius 3 is 3.00 bits per heavy atom. The summed E-state index contributed by atoms with van der Waals surface area (Å²) < 4.78 is 5.15. The van der Waals surface area contributed by atoms with Gasteiger partial charge in [0.25, 0.3) is 0 Å². The van der Waals surface area contributed by atoms with Crippen LogP contribution < -0.4 is 4.74 Å². The van der Waals surface area contributed by atoms with Crippen LogP contribution in [0.25, 0.3) is 22.2 Å². The molecule has 0 atom stereocenters. The zero-order chi connectivity index (χ0) is 13.4. The molecular formula is C13H11N3O3. The van der Waals surface area contributed by atoms with Crippen molar-refractivity contribution < 1.29 is 14.6 Å². The van der Waals surface area contributed by atoms with Crippen molar-refractivity contribution in [3.63, 3.8) is 0 Å². The molecule has 2 aromatic heterocycles. The van der Waals surface area contributed by atoms with E-state index in [-0.39, 0.29) is 5.56 Å². The monoisotopic (exact) mass is 257 g/mol. The molecule has 3 N–H and O–H groups in total. The minimum absolute atomic E-state index is 0.150. The molecular weight excluding hydrogens is 246 g/mol. The van der Waals surface area contributed by atoms with Gasteiger partial charge in [-0.2, -0.15) is 5.10 Å². The molecule has 0 fully saturated rings. The number of nitrogens with one attached hydrogen (secondary N) is 2. The Morgan fingerprint density at radius 1 is 1.42 bits per heavy atom. The van der Waals surface area contributed by atoms with Gasteiger partial charge in [-0.25, -0.2) is 4.79 Å². The molecule has 0 radical (unpaired) electrons. The first-order valence-corrected chi connectivity index (χ1v) is 5.63. The van der Waals surface area contributed by atoms with E-state index in [1.807, 2.05) is 18.2 Å². The average molecular weight is 257 g/mol. The average Bonchev–Trinajstić information content (AvgIpc) is 3.03. The SMILES string of the molecule is COc1ccc2c(-c3[nH]ncc3C(=O)O)c[nH]c2c1. The number of carboxylic acid groups (broad SMARTS) is 1. The lowest BCUT2D eigenvalue weighted by Crippen LogP contribution is -1.96. The van der Waals surface area contributed by atoms with Crippen molar-refractivity contribution in [3.05, 3.63) is 36.2 Å². The highest BCUT2D eigenvalue weighted by molar-refractivity contribution is 6.02. The summed E-state index contributed by atoms with van der Waals surface area (Å²) in [5.41, 5.74) is 2.29. The van der Waals surface area contributed by atoms with Crippen LogP contribution in [0.5, 0.6) is 5.75 Å². The number of hydrogen-bond donors (Lipinski definition) is 3. The summed E-state index contributed by atoms with van der Waals surface area (Å²) in [5, 5.41) is 16.6. The molecule has 0 spiro atoms. The second kappa shape index (κ2) is 4.16. The number of carbonyl (C=O) groups is 1. The number of methoxy groups -OCH3 is 1. The van der Waals surface area contributed by atoms with E-state index in [1.165, 1.54) is 6.20 Å². The van der Waals surface area contributed by atoms with Gasteiger partial charge < -0.3 is 14.8 Å². The van der Waals surface area contributed by atoms with E-state index in [9.17, 15) is 4.79 Å². The molecule has 0 aliphatic carbocycles. The number of carboxylic acids is 1. The molecule has 3 aromatic rings. The minimum atomic E-state index is -1.01. The van der Waals surface area contributed by atoms with Crippen molar-refractivity contribution in [1.29, 1.82) is 0 Å². The number of benzene rings is 1. The summed E-state index contributed by atoms with van der Waals surface area (Å²) in [4.78, 5) is 14.2. The van der Waals surface area contributed by atoms with Crippen molar-refractivity contribution in [2.45, 2.75) is 0 Å². The topological polar surface area (TPSA) is 91.0 Å². The molecule has 3 rings (SSSR count). The standard InChI is InChI=1S/C13H11N3O3/c1-19-7-2-3-8-9(5-14-11(8)4-7)12-10(13(17)18)6-15-16-12/h2-6,14H,1H3,(H,15,16)(H,17,18). The molecule has 0 amide bonds. The smallest absolute Gasteiger partial charge is 0.339 e. The van der Waals surface area contributed by atoms with E-state index in [0.29, 0.717) is 5.69 Å². The predicted molar refractivity (Wildman–Crippen MR) is 69.4 cm³/mol. The third-order valence-electron chi connectivity index (χ3n) is 3.03. The van der Waals surface area contributed by atoms with E-state index in [1.54, 1.807) is 13.3 Å². The summed E-state index contributed by atoms with van der Waals surface area (Å²) in [6.45, 7) is 0. The van der Waals surface area contributed by atoms with E-state index in [0.717, 1.165) is 22.2 Å². The predicted octanol–water partition coefficient (Wildman–Crippen LogP) is 2.26. The van der Waals surface area contributed by atoms with Crippen LogP contribution in [0, 0.1) is 0 Å². The van der Waals surface area contributed by atoms with Gasteiger partial charge >= 0.3 is 5.97 Å². The van der Waals surface area contributed by atoms with Crippen molar-refractivity contribution >= 4 is 16.9 Å². The first-order chi connectivity index (χ1) is 9.20. The Bertz CT molecular complexity index is 757. The fourth-order valence-electron chi connectivity index (χ4n) is 2.09. The molecule has 1 aromatic carbocycles.